The Labute approximate surface area is 87.9 Å². The van der Waals surface area contributed by atoms with Crippen LogP contribution in [0.2, 0.25) is 0 Å². The van der Waals surface area contributed by atoms with Gasteiger partial charge in [-0.1, -0.05) is 19.3 Å². The van der Waals surface area contributed by atoms with Gasteiger partial charge in [0, 0.05) is 0 Å². The Hall–Kier alpha value is -0.830. The van der Waals surface area contributed by atoms with E-state index in [0.29, 0.717) is 0 Å². The molecule has 76 valence electrons. The highest BCUT2D eigenvalue weighted by molar-refractivity contribution is 7.11. The maximum absolute atomic E-state index is 11.6. The zero-order chi connectivity index (χ0) is 9.80. The fraction of sp³-hybridized carbons (Fsp3) is 0.545. The molecule has 0 aromatic carbocycles. The highest BCUT2D eigenvalue weighted by Crippen LogP contribution is 2.26. The van der Waals surface area contributed by atoms with E-state index in [1.807, 2.05) is 17.5 Å². The first-order valence-electron chi connectivity index (χ1n) is 5.11. The lowest BCUT2D eigenvalue weighted by Crippen LogP contribution is -2.22. The average Bonchev–Trinajstić information content (AvgIpc) is 2.72. The van der Waals surface area contributed by atoms with Crippen molar-refractivity contribution in [1.29, 1.82) is 0 Å². The van der Waals surface area contributed by atoms with Gasteiger partial charge >= 0.3 is 5.97 Å². The van der Waals surface area contributed by atoms with Crippen molar-refractivity contribution < 1.29 is 9.53 Å². The van der Waals surface area contributed by atoms with Crippen molar-refractivity contribution in [1.82, 2.24) is 0 Å². The predicted molar refractivity (Wildman–Crippen MR) is 56.5 cm³/mol. The van der Waals surface area contributed by atoms with Crippen LogP contribution in [0, 0.1) is 5.92 Å². The molecule has 0 bridgehead atoms. The quantitative estimate of drug-likeness (QED) is 0.700. The third-order valence-corrected chi connectivity index (χ3v) is 3.38. The number of carbonyl (C=O) groups excluding carboxylic acids is 1. The molecule has 0 amide bonds. The second-order valence-corrected chi connectivity index (χ2v) is 4.60. The maximum Gasteiger partial charge on any atom is 0.315 e. The standard InChI is InChI=1S/C11H14O2S/c12-11(9-5-2-1-3-6-9)13-10-7-4-8-14-10/h4,7-9H,1-3,5-6H2. The smallest absolute Gasteiger partial charge is 0.315 e. The Balaban J connectivity index is 1.88. The van der Waals surface area contributed by atoms with Crippen LogP contribution in [-0.2, 0) is 4.79 Å². The lowest BCUT2D eigenvalue weighted by atomic mass is 9.89. The highest BCUT2D eigenvalue weighted by atomic mass is 32.1. The summed E-state index contributed by atoms with van der Waals surface area (Å²) in [5.41, 5.74) is 0. The molecule has 0 saturated heterocycles. The molecule has 2 nitrogen and oxygen atoms in total. The molecule has 1 aliphatic rings. The van der Waals surface area contributed by atoms with Gasteiger partial charge in [0.25, 0.3) is 0 Å². The molecule has 0 spiro atoms. The first-order valence-corrected chi connectivity index (χ1v) is 5.99. The Morgan fingerprint density at radius 1 is 1.36 bits per heavy atom. The van der Waals surface area contributed by atoms with Crippen molar-refractivity contribution in [2.45, 2.75) is 32.1 Å². The number of ether oxygens (including phenoxy) is 1. The minimum atomic E-state index is -0.0350. The Morgan fingerprint density at radius 2 is 2.14 bits per heavy atom. The third kappa shape index (κ3) is 2.35. The Morgan fingerprint density at radius 3 is 2.79 bits per heavy atom. The second kappa shape index (κ2) is 4.60. The van der Waals surface area contributed by atoms with Crippen LogP contribution in [-0.4, -0.2) is 5.97 Å². The van der Waals surface area contributed by atoms with E-state index in [9.17, 15) is 4.79 Å². The summed E-state index contributed by atoms with van der Waals surface area (Å²) < 4.78 is 5.27. The number of thiophene rings is 1. The van der Waals surface area contributed by atoms with Crippen molar-refractivity contribution in [3.63, 3.8) is 0 Å². The van der Waals surface area contributed by atoms with Gasteiger partial charge in [0.05, 0.1) is 5.92 Å². The first-order chi connectivity index (χ1) is 6.86. The van der Waals surface area contributed by atoms with Gasteiger partial charge in [0.15, 0.2) is 5.06 Å². The minimum Gasteiger partial charge on any atom is -0.415 e. The third-order valence-electron chi connectivity index (χ3n) is 2.63. The molecular weight excluding hydrogens is 196 g/mol. The summed E-state index contributed by atoms with van der Waals surface area (Å²) in [6.07, 6.45) is 5.62. The van der Waals surface area contributed by atoms with Crippen LogP contribution in [0.25, 0.3) is 0 Å². The lowest BCUT2D eigenvalue weighted by molar-refractivity contribution is -0.139. The summed E-state index contributed by atoms with van der Waals surface area (Å²) >= 11 is 1.47. The van der Waals surface area contributed by atoms with Crippen molar-refractivity contribution in [3.8, 4) is 5.06 Å². The van der Waals surface area contributed by atoms with Crippen LogP contribution >= 0.6 is 11.3 Å². The molecule has 0 unspecified atom stereocenters. The summed E-state index contributed by atoms with van der Waals surface area (Å²) in [6.45, 7) is 0. The molecule has 1 aliphatic carbocycles. The molecule has 1 fully saturated rings. The summed E-state index contributed by atoms with van der Waals surface area (Å²) in [7, 11) is 0. The van der Waals surface area contributed by atoms with E-state index >= 15 is 0 Å². The number of rotatable bonds is 2. The molecule has 0 aliphatic heterocycles. The van der Waals surface area contributed by atoms with Gasteiger partial charge in [0.2, 0.25) is 0 Å². The van der Waals surface area contributed by atoms with E-state index in [2.05, 4.69) is 0 Å². The van der Waals surface area contributed by atoms with Gasteiger partial charge < -0.3 is 4.74 Å². The van der Waals surface area contributed by atoms with Crippen LogP contribution in [0.3, 0.4) is 0 Å². The van der Waals surface area contributed by atoms with Crippen LogP contribution in [0.15, 0.2) is 17.5 Å². The van der Waals surface area contributed by atoms with Gasteiger partial charge in [-0.3, -0.25) is 4.79 Å². The van der Waals surface area contributed by atoms with Crippen LogP contribution in [0.5, 0.6) is 5.06 Å². The summed E-state index contributed by atoms with van der Waals surface area (Å²) in [5.74, 6) is 0.109. The van der Waals surface area contributed by atoms with E-state index in [1.165, 1.54) is 30.6 Å². The zero-order valence-corrected chi connectivity index (χ0v) is 8.89. The molecule has 2 rings (SSSR count). The summed E-state index contributed by atoms with van der Waals surface area (Å²) in [6, 6.07) is 3.74. The largest absolute Gasteiger partial charge is 0.415 e. The monoisotopic (exact) mass is 210 g/mol. The average molecular weight is 210 g/mol. The van der Waals surface area contributed by atoms with Gasteiger partial charge in [-0.25, -0.2) is 0 Å². The van der Waals surface area contributed by atoms with E-state index in [1.54, 1.807) is 0 Å². The molecule has 1 aromatic heterocycles. The molecule has 1 aromatic rings. The van der Waals surface area contributed by atoms with Crippen molar-refractivity contribution >= 4 is 17.3 Å². The number of hydrogen-bond donors (Lipinski definition) is 0. The van der Waals surface area contributed by atoms with E-state index in [4.69, 9.17) is 4.74 Å². The fourth-order valence-corrected chi connectivity index (χ4v) is 2.42. The Bertz CT molecular complexity index is 286. The highest BCUT2D eigenvalue weighted by Gasteiger charge is 2.22. The van der Waals surface area contributed by atoms with Crippen molar-refractivity contribution in [2.75, 3.05) is 0 Å². The van der Waals surface area contributed by atoms with Crippen LogP contribution < -0.4 is 4.74 Å². The molecule has 1 heterocycles. The molecular formula is C11H14O2S. The summed E-state index contributed by atoms with van der Waals surface area (Å²) in [4.78, 5) is 11.6. The number of hydrogen-bond acceptors (Lipinski definition) is 3. The topological polar surface area (TPSA) is 26.3 Å². The fourth-order valence-electron chi connectivity index (χ4n) is 1.84. The van der Waals surface area contributed by atoms with E-state index in [-0.39, 0.29) is 11.9 Å². The Kier molecular flexibility index (Phi) is 3.19. The van der Waals surface area contributed by atoms with Crippen LogP contribution in [0.4, 0.5) is 0 Å². The van der Waals surface area contributed by atoms with Crippen molar-refractivity contribution in [3.05, 3.63) is 17.5 Å². The van der Waals surface area contributed by atoms with E-state index < -0.39 is 0 Å². The molecule has 1 saturated carbocycles. The number of esters is 1. The maximum atomic E-state index is 11.6. The zero-order valence-electron chi connectivity index (χ0n) is 8.07. The van der Waals surface area contributed by atoms with Crippen LogP contribution in [0.1, 0.15) is 32.1 Å². The molecule has 3 heteroatoms. The van der Waals surface area contributed by atoms with Crippen molar-refractivity contribution in [2.24, 2.45) is 5.92 Å². The number of carbonyl (C=O) groups is 1. The van der Waals surface area contributed by atoms with Gasteiger partial charge in [-0.2, -0.15) is 0 Å². The molecule has 0 N–H and O–H groups in total. The first kappa shape index (κ1) is 9.71. The minimum absolute atomic E-state index is 0.0350. The predicted octanol–water partition coefficient (Wildman–Crippen LogP) is 3.23. The van der Waals surface area contributed by atoms with Gasteiger partial charge in [0.1, 0.15) is 0 Å². The van der Waals surface area contributed by atoms with Gasteiger partial charge in [-0.15, -0.1) is 11.3 Å². The van der Waals surface area contributed by atoms with E-state index in [0.717, 1.165) is 17.9 Å². The normalized spacial score (nSPS) is 18.0. The second-order valence-electron chi connectivity index (χ2n) is 3.69. The summed E-state index contributed by atoms with van der Waals surface area (Å²) in [5, 5.41) is 2.64. The SMILES string of the molecule is O=C(Oc1cccs1)C1CCCCC1. The molecule has 14 heavy (non-hydrogen) atoms. The lowest BCUT2D eigenvalue weighted by Gasteiger charge is -2.19. The molecule has 0 radical (unpaired) electrons. The molecule has 0 atom stereocenters. The van der Waals surface area contributed by atoms with Gasteiger partial charge in [-0.05, 0) is 30.4 Å².